The number of thioether (sulfide) groups is 1. The number of benzene rings is 1. The Kier molecular flexibility index (Phi) is 6.08. The van der Waals surface area contributed by atoms with E-state index < -0.39 is 0 Å². The van der Waals surface area contributed by atoms with Crippen LogP contribution >= 0.6 is 11.8 Å². The topological polar surface area (TPSA) is 88.0 Å². The summed E-state index contributed by atoms with van der Waals surface area (Å²) in [6, 6.07) is 9.65. The number of aryl methyl sites for hydroxylation is 1. The van der Waals surface area contributed by atoms with Crippen molar-refractivity contribution in [3.8, 4) is 0 Å². The van der Waals surface area contributed by atoms with E-state index in [2.05, 4.69) is 15.3 Å². The molecule has 0 aliphatic rings. The van der Waals surface area contributed by atoms with Crippen molar-refractivity contribution in [1.82, 2.24) is 15.3 Å². The van der Waals surface area contributed by atoms with E-state index in [0.29, 0.717) is 27.9 Å². The Morgan fingerprint density at radius 1 is 1.30 bits per heavy atom. The van der Waals surface area contributed by atoms with Crippen LogP contribution in [0.4, 0.5) is 4.39 Å². The summed E-state index contributed by atoms with van der Waals surface area (Å²) in [6.07, 6.45) is 1.47. The minimum Gasteiger partial charge on any atom is -0.467 e. The van der Waals surface area contributed by atoms with Crippen LogP contribution in [0.15, 0.2) is 57.0 Å². The molecule has 0 atom stereocenters. The van der Waals surface area contributed by atoms with Gasteiger partial charge in [0.05, 0.1) is 19.2 Å². The second-order valence-corrected chi connectivity index (χ2v) is 6.85. The monoisotopic (exact) mass is 387 g/mol. The number of nitrogens with one attached hydrogen (secondary N) is 2. The summed E-state index contributed by atoms with van der Waals surface area (Å²) in [5, 5.41) is 3.16. The van der Waals surface area contributed by atoms with Crippen molar-refractivity contribution in [3.05, 3.63) is 81.4 Å². The van der Waals surface area contributed by atoms with Crippen LogP contribution in [-0.4, -0.2) is 15.9 Å². The smallest absolute Gasteiger partial charge is 0.255 e. The molecular weight excluding hydrogens is 369 g/mol. The normalized spacial score (nSPS) is 10.7. The maximum Gasteiger partial charge on any atom is 0.255 e. The molecule has 140 valence electrons. The van der Waals surface area contributed by atoms with Gasteiger partial charge in [0.2, 0.25) is 5.91 Å². The first-order valence-corrected chi connectivity index (χ1v) is 9.26. The van der Waals surface area contributed by atoms with Gasteiger partial charge in [-0.3, -0.25) is 9.59 Å². The van der Waals surface area contributed by atoms with E-state index in [1.54, 1.807) is 31.2 Å². The van der Waals surface area contributed by atoms with Gasteiger partial charge in [0.1, 0.15) is 11.6 Å². The molecule has 0 spiro atoms. The van der Waals surface area contributed by atoms with E-state index in [9.17, 15) is 14.0 Å². The number of H-pyrrole nitrogens is 1. The number of carbonyl (C=O) groups is 1. The van der Waals surface area contributed by atoms with Gasteiger partial charge in [-0.25, -0.2) is 9.37 Å². The molecule has 0 saturated carbocycles. The molecule has 1 aromatic carbocycles. The van der Waals surface area contributed by atoms with Crippen molar-refractivity contribution in [3.63, 3.8) is 0 Å². The number of amides is 1. The summed E-state index contributed by atoms with van der Waals surface area (Å²) >= 11 is 1.34. The fourth-order valence-electron chi connectivity index (χ4n) is 2.42. The van der Waals surface area contributed by atoms with E-state index >= 15 is 0 Å². The molecule has 27 heavy (non-hydrogen) atoms. The Labute approximate surface area is 159 Å². The second kappa shape index (κ2) is 8.68. The zero-order chi connectivity index (χ0) is 19.2. The van der Waals surface area contributed by atoms with E-state index in [-0.39, 0.29) is 30.2 Å². The van der Waals surface area contributed by atoms with Gasteiger partial charge in [-0.05, 0) is 36.8 Å². The number of carbonyl (C=O) groups excluding carboxylic acids is 1. The number of rotatable bonds is 7. The Balaban J connectivity index is 1.61. The molecule has 8 heteroatoms. The zero-order valence-corrected chi connectivity index (χ0v) is 15.4. The third kappa shape index (κ3) is 5.30. The van der Waals surface area contributed by atoms with Crippen molar-refractivity contribution in [2.75, 3.05) is 0 Å². The number of hydrogen-bond acceptors (Lipinski definition) is 5. The Morgan fingerprint density at radius 2 is 2.07 bits per heavy atom. The Morgan fingerprint density at radius 3 is 2.74 bits per heavy atom. The molecule has 2 heterocycles. The first-order valence-electron chi connectivity index (χ1n) is 8.27. The van der Waals surface area contributed by atoms with Crippen LogP contribution in [0.1, 0.15) is 22.6 Å². The molecular formula is C19H18FN3O3S. The summed E-state index contributed by atoms with van der Waals surface area (Å²) in [7, 11) is 0. The van der Waals surface area contributed by atoms with Gasteiger partial charge in [-0.15, -0.1) is 0 Å². The SMILES string of the molecule is Cc1nc(SCc2ccc(F)cc2)[nH]c(=O)c1CC(=O)NCc1ccco1. The van der Waals surface area contributed by atoms with E-state index in [1.807, 2.05) is 0 Å². The second-order valence-electron chi connectivity index (χ2n) is 5.88. The van der Waals surface area contributed by atoms with Crippen molar-refractivity contribution in [2.45, 2.75) is 30.8 Å². The molecule has 2 N–H and O–H groups in total. The summed E-state index contributed by atoms with van der Waals surface area (Å²) in [5.74, 6) is 0.611. The highest BCUT2D eigenvalue weighted by atomic mass is 32.2. The van der Waals surface area contributed by atoms with Crippen LogP contribution in [0, 0.1) is 12.7 Å². The van der Waals surface area contributed by atoms with Crippen LogP contribution in [0.3, 0.4) is 0 Å². The lowest BCUT2D eigenvalue weighted by molar-refractivity contribution is -0.120. The van der Waals surface area contributed by atoms with Gasteiger partial charge in [0.25, 0.3) is 5.56 Å². The standard InChI is InChI=1S/C19H18FN3O3S/c1-12-16(9-17(24)21-10-15-3-2-8-26-15)18(25)23-19(22-12)27-11-13-4-6-14(20)7-5-13/h2-8H,9-11H2,1H3,(H,21,24)(H,22,23,25). The molecule has 3 aromatic rings. The summed E-state index contributed by atoms with van der Waals surface area (Å²) < 4.78 is 18.1. The van der Waals surface area contributed by atoms with E-state index in [1.165, 1.54) is 30.2 Å². The largest absolute Gasteiger partial charge is 0.467 e. The molecule has 0 aliphatic heterocycles. The molecule has 2 aromatic heterocycles. The van der Waals surface area contributed by atoms with Crippen molar-refractivity contribution >= 4 is 17.7 Å². The highest BCUT2D eigenvalue weighted by Crippen LogP contribution is 2.19. The molecule has 0 saturated heterocycles. The molecule has 0 aliphatic carbocycles. The summed E-state index contributed by atoms with van der Waals surface area (Å²) in [4.78, 5) is 31.5. The molecule has 0 fully saturated rings. The first-order chi connectivity index (χ1) is 13.0. The molecule has 6 nitrogen and oxygen atoms in total. The number of furan rings is 1. The average molecular weight is 387 g/mol. The third-order valence-electron chi connectivity index (χ3n) is 3.87. The summed E-state index contributed by atoms with van der Waals surface area (Å²) in [5.41, 5.74) is 1.42. The summed E-state index contributed by atoms with van der Waals surface area (Å²) in [6.45, 7) is 1.97. The lowest BCUT2D eigenvalue weighted by atomic mass is 10.1. The maximum absolute atomic E-state index is 12.9. The third-order valence-corrected chi connectivity index (χ3v) is 4.81. The highest BCUT2D eigenvalue weighted by molar-refractivity contribution is 7.98. The quantitative estimate of drug-likeness (QED) is 0.481. The molecule has 0 bridgehead atoms. The van der Waals surface area contributed by atoms with Crippen molar-refractivity contribution in [2.24, 2.45) is 0 Å². The fourth-order valence-corrected chi connectivity index (χ4v) is 3.28. The molecule has 0 radical (unpaired) electrons. The number of aromatic amines is 1. The highest BCUT2D eigenvalue weighted by Gasteiger charge is 2.13. The lowest BCUT2D eigenvalue weighted by Crippen LogP contribution is -2.28. The zero-order valence-electron chi connectivity index (χ0n) is 14.6. The van der Waals surface area contributed by atoms with Gasteiger partial charge in [-0.1, -0.05) is 23.9 Å². The fraction of sp³-hybridized carbons (Fsp3) is 0.211. The average Bonchev–Trinajstić information content (AvgIpc) is 3.16. The number of nitrogens with zero attached hydrogens (tertiary/aromatic N) is 1. The van der Waals surface area contributed by atoms with Gasteiger partial charge < -0.3 is 14.7 Å². The first kappa shape index (κ1) is 18.9. The van der Waals surface area contributed by atoms with Crippen molar-refractivity contribution in [1.29, 1.82) is 0 Å². The molecule has 1 amide bonds. The van der Waals surface area contributed by atoms with Crippen LogP contribution < -0.4 is 10.9 Å². The van der Waals surface area contributed by atoms with Crippen LogP contribution in [0.25, 0.3) is 0 Å². The minimum atomic E-state index is -0.336. The van der Waals surface area contributed by atoms with Crippen LogP contribution in [-0.2, 0) is 23.5 Å². The number of halogens is 1. The van der Waals surface area contributed by atoms with Crippen molar-refractivity contribution < 1.29 is 13.6 Å². The molecule has 0 unspecified atom stereocenters. The van der Waals surface area contributed by atoms with E-state index in [0.717, 1.165) is 5.56 Å². The minimum absolute atomic E-state index is 0.0578. The van der Waals surface area contributed by atoms with E-state index in [4.69, 9.17) is 4.42 Å². The molecule has 3 rings (SSSR count). The predicted molar refractivity (Wildman–Crippen MR) is 99.8 cm³/mol. The number of aromatic nitrogens is 2. The van der Waals surface area contributed by atoms with Gasteiger partial charge in [0.15, 0.2) is 5.16 Å². The number of hydrogen-bond donors (Lipinski definition) is 2. The Hall–Kier alpha value is -2.87. The van der Waals surface area contributed by atoms with Gasteiger partial charge in [-0.2, -0.15) is 0 Å². The van der Waals surface area contributed by atoms with Crippen LogP contribution in [0.5, 0.6) is 0 Å². The van der Waals surface area contributed by atoms with Gasteiger partial charge >= 0.3 is 0 Å². The lowest BCUT2D eigenvalue weighted by Gasteiger charge is -2.08. The van der Waals surface area contributed by atoms with Crippen LogP contribution in [0.2, 0.25) is 0 Å². The van der Waals surface area contributed by atoms with Gasteiger partial charge in [0, 0.05) is 17.0 Å². The maximum atomic E-state index is 12.9. The predicted octanol–water partition coefficient (Wildman–Crippen LogP) is 2.96. The Bertz CT molecular complexity index is 969.